The number of pyridine rings is 1. The highest BCUT2D eigenvalue weighted by molar-refractivity contribution is 5.42. The topological polar surface area (TPSA) is 39.9 Å². The van der Waals surface area contributed by atoms with Crippen LogP contribution in [0.1, 0.15) is 19.5 Å². The van der Waals surface area contributed by atoms with E-state index in [1.54, 1.807) is 6.07 Å². The zero-order chi connectivity index (χ0) is 11.3. The molecule has 0 radical (unpaired) electrons. The minimum absolute atomic E-state index is 0.452. The average molecular weight is 201 g/mol. The molecule has 0 spiro atoms. The Morgan fingerprint density at radius 2 is 2.33 bits per heavy atom. The van der Waals surface area contributed by atoms with Crippen molar-refractivity contribution in [1.29, 1.82) is 5.26 Å². The molecule has 0 aliphatic heterocycles. The van der Waals surface area contributed by atoms with Gasteiger partial charge in [0.1, 0.15) is 17.6 Å². The zero-order valence-electron chi connectivity index (χ0n) is 9.20. The van der Waals surface area contributed by atoms with Crippen LogP contribution in [-0.2, 0) is 0 Å². The minimum Gasteiger partial charge on any atom is -0.353 e. The van der Waals surface area contributed by atoms with E-state index < -0.39 is 0 Å². The molecule has 0 saturated heterocycles. The van der Waals surface area contributed by atoms with Gasteiger partial charge in [-0.3, -0.25) is 0 Å². The number of likely N-dealkylation sites (N-methyl/N-ethyl adjacent to an activating group) is 1. The Kier molecular flexibility index (Phi) is 3.87. The van der Waals surface area contributed by atoms with Crippen molar-refractivity contribution < 1.29 is 0 Å². The van der Waals surface area contributed by atoms with Crippen LogP contribution in [0.5, 0.6) is 0 Å². The van der Waals surface area contributed by atoms with E-state index >= 15 is 0 Å². The second kappa shape index (κ2) is 5.16. The highest BCUT2D eigenvalue weighted by atomic mass is 15.2. The van der Waals surface area contributed by atoms with Gasteiger partial charge in [0.15, 0.2) is 0 Å². The Morgan fingerprint density at radius 1 is 1.60 bits per heavy atom. The van der Waals surface area contributed by atoms with E-state index in [9.17, 15) is 0 Å². The maximum Gasteiger partial charge on any atom is 0.142 e. The van der Waals surface area contributed by atoms with E-state index in [0.717, 1.165) is 24.5 Å². The van der Waals surface area contributed by atoms with Crippen LogP contribution in [0, 0.1) is 11.3 Å². The number of nitrogens with zero attached hydrogens (tertiary/aromatic N) is 3. The molecule has 3 nitrogen and oxygen atoms in total. The largest absolute Gasteiger partial charge is 0.353 e. The normalized spacial score (nSPS) is 9.40. The lowest BCUT2D eigenvalue weighted by atomic mass is 10.3. The molecule has 0 bridgehead atoms. The lowest BCUT2D eigenvalue weighted by Crippen LogP contribution is -2.25. The van der Waals surface area contributed by atoms with Crippen molar-refractivity contribution in [2.75, 3.05) is 18.0 Å². The summed E-state index contributed by atoms with van der Waals surface area (Å²) in [6, 6.07) is 7.51. The third kappa shape index (κ3) is 3.10. The van der Waals surface area contributed by atoms with Gasteiger partial charge >= 0.3 is 0 Å². The fourth-order valence-corrected chi connectivity index (χ4v) is 1.34. The van der Waals surface area contributed by atoms with Crippen molar-refractivity contribution in [2.24, 2.45) is 0 Å². The lowest BCUT2D eigenvalue weighted by Gasteiger charge is -2.21. The lowest BCUT2D eigenvalue weighted by molar-refractivity contribution is 0.858. The van der Waals surface area contributed by atoms with E-state index in [-0.39, 0.29) is 0 Å². The maximum absolute atomic E-state index is 8.75. The Balaban J connectivity index is 2.92. The number of nitriles is 1. The first-order valence-corrected chi connectivity index (χ1v) is 4.94. The van der Waals surface area contributed by atoms with Crippen molar-refractivity contribution >= 4 is 5.82 Å². The standard InChI is InChI=1S/C12H15N3/c1-4-15(9-10(2)3)12-7-5-6-11(8-13)14-12/h5-7H,2,4,9H2,1,3H3. The van der Waals surface area contributed by atoms with Crippen LogP contribution in [0.3, 0.4) is 0 Å². The Labute approximate surface area is 90.7 Å². The third-order valence-electron chi connectivity index (χ3n) is 2.02. The molecule has 1 aromatic heterocycles. The third-order valence-corrected chi connectivity index (χ3v) is 2.02. The summed E-state index contributed by atoms with van der Waals surface area (Å²) in [6.07, 6.45) is 0. The average Bonchev–Trinajstić information content (AvgIpc) is 2.25. The van der Waals surface area contributed by atoms with E-state index in [1.165, 1.54) is 0 Å². The summed E-state index contributed by atoms with van der Waals surface area (Å²) in [5.74, 6) is 0.833. The molecule has 0 aliphatic rings. The van der Waals surface area contributed by atoms with Crippen molar-refractivity contribution in [3.8, 4) is 6.07 Å². The van der Waals surface area contributed by atoms with E-state index in [1.807, 2.05) is 25.1 Å². The van der Waals surface area contributed by atoms with E-state index in [0.29, 0.717) is 5.69 Å². The molecular formula is C12H15N3. The molecule has 0 amide bonds. The number of rotatable bonds is 4. The smallest absolute Gasteiger partial charge is 0.142 e. The first-order chi connectivity index (χ1) is 7.17. The van der Waals surface area contributed by atoms with Crippen LogP contribution in [-0.4, -0.2) is 18.1 Å². The predicted molar refractivity (Wildman–Crippen MR) is 61.7 cm³/mol. The van der Waals surface area contributed by atoms with Crippen LogP contribution in [0.4, 0.5) is 5.82 Å². The quantitative estimate of drug-likeness (QED) is 0.702. The second-order valence-electron chi connectivity index (χ2n) is 3.46. The van der Waals surface area contributed by atoms with Crippen molar-refractivity contribution in [3.63, 3.8) is 0 Å². The second-order valence-corrected chi connectivity index (χ2v) is 3.46. The molecule has 1 rings (SSSR count). The monoisotopic (exact) mass is 201 g/mol. The Morgan fingerprint density at radius 3 is 2.87 bits per heavy atom. The molecule has 1 aromatic rings. The molecular weight excluding hydrogens is 186 g/mol. The first kappa shape index (κ1) is 11.3. The summed E-state index contributed by atoms with van der Waals surface area (Å²) in [5.41, 5.74) is 1.54. The van der Waals surface area contributed by atoms with Crippen molar-refractivity contribution in [1.82, 2.24) is 4.98 Å². The summed E-state index contributed by atoms with van der Waals surface area (Å²) >= 11 is 0. The van der Waals surface area contributed by atoms with Crippen LogP contribution < -0.4 is 4.90 Å². The van der Waals surface area contributed by atoms with Crippen molar-refractivity contribution in [2.45, 2.75) is 13.8 Å². The van der Waals surface area contributed by atoms with E-state index in [2.05, 4.69) is 23.4 Å². The van der Waals surface area contributed by atoms with Gasteiger partial charge in [0, 0.05) is 13.1 Å². The van der Waals surface area contributed by atoms with Gasteiger partial charge in [-0.1, -0.05) is 18.2 Å². The van der Waals surface area contributed by atoms with Crippen LogP contribution in [0.15, 0.2) is 30.4 Å². The summed E-state index contributed by atoms with van der Waals surface area (Å²) in [5, 5.41) is 8.75. The van der Waals surface area contributed by atoms with Gasteiger partial charge in [-0.05, 0) is 26.0 Å². The molecule has 0 N–H and O–H groups in total. The summed E-state index contributed by atoms with van der Waals surface area (Å²) in [7, 11) is 0. The summed E-state index contributed by atoms with van der Waals surface area (Å²) < 4.78 is 0. The molecule has 0 aliphatic carbocycles. The zero-order valence-corrected chi connectivity index (χ0v) is 9.20. The number of aromatic nitrogens is 1. The minimum atomic E-state index is 0.452. The number of hydrogen-bond acceptors (Lipinski definition) is 3. The van der Waals surface area contributed by atoms with Crippen molar-refractivity contribution in [3.05, 3.63) is 36.0 Å². The SMILES string of the molecule is C=C(C)CN(CC)c1cccc(C#N)n1. The van der Waals surface area contributed by atoms with Gasteiger partial charge in [-0.15, -0.1) is 0 Å². The molecule has 0 fully saturated rings. The fraction of sp³-hybridized carbons (Fsp3) is 0.333. The first-order valence-electron chi connectivity index (χ1n) is 4.94. The highest BCUT2D eigenvalue weighted by Gasteiger charge is 2.05. The fourth-order valence-electron chi connectivity index (χ4n) is 1.34. The predicted octanol–water partition coefficient (Wildman–Crippen LogP) is 2.36. The van der Waals surface area contributed by atoms with Gasteiger partial charge in [-0.2, -0.15) is 5.26 Å². The molecule has 0 unspecified atom stereocenters. The van der Waals surface area contributed by atoms with Crippen LogP contribution in [0.2, 0.25) is 0 Å². The maximum atomic E-state index is 8.75. The molecule has 0 atom stereocenters. The Hall–Kier alpha value is -1.82. The number of anilines is 1. The summed E-state index contributed by atoms with van der Waals surface area (Å²) in [6.45, 7) is 9.55. The highest BCUT2D eigenvalue weighted by Crippen LogP contribution is 2.12. The molecule has 78 valence electrons. The number of hydrogen-bond donors (Lipinski definition) is 0. The molecule has 1 heterocycles. The van der Waals surface area contributed by atoms with Crippen LogP contribution >= 0.6 is 0 Å². The van der Waals surface area contributed by atoms with Gasteiger partial charge in [-0.25, -0.2) is 4.98 Å². The van der Waals surface area contributed by atoms with Gasteiger partial charge < -0.3 is 4.90 Å². The molecule has 15 heavy (non-hydrogen) atoms. The molecule has 0 aromatic carbocycles. The van der Waals surface area contributed by atoms with Gasteiger partial charge in [0.05, 0.1) is 0 Å². The summed E-state index contributed by atoms with van der Waals surface area (Å²) in [4.78, 5) is 6.33. The Bertz CT molecular complexity index is 390. The van der Waals surface area contributed by atoms with Crippen LogP contribution in [0.25, 0.3) is 0 Å². The van der Waals surface area contributed by atoms with Gasteiger partial charge in [0.2, 0.25) is 0 Å². The molecule has 0 saturated carbocycles. The molecule has 3 heteroatoms. The van der Waals surface area contributed by atoms with E-state index in [4.69, 9.17) is 5.26 Å². The van der Waals surface area contributed by atoms with Gasteiger partial charge in [0.25, 0.3) is 0 Å².